The van der Waals surface area contributed by atoms with Crippen molar-refractivity contribution >= 4 is 16.5 Å². The molecule has 2 rings (SSSR count). The van der Waals surface area contributed by atoms with Crippen LogP contribution >= 0.6 is 11.3 Å². The maximum atomic E-state index is 5.70. The standard InChI is InChI=1S/C15H21N3S/c1-3-12(2)18(10-13-7-5-4-6-8-13)11-14-9-17-15(16)19-14/h4-9,12H,3,10-11H2,1-2H3,(H2,16,17). The number of hydrogen-bond donors (Lipinski definition) is 1. The number of anilines is 1. The molecule has 1 aromatic heterocycles. The van der Waals surface area contributed by atoms with Gasteiger partial charge in [0.05, 0.1) is 0 Å². The first kappa shape index (κ1) is 14.0. The summed E-state index contributed by atoms with van der Waals surface area (Å²) in [6.07, 6.45) is 3.03. The number of nitrogens with two attached hydrogens (primary N) is 1. The Balaban J connectivity index is 2.08. The van der Waals surface area contributed by atoms with Gasteiger partial charge in [0.1, 0.15) is 0 Å². The quantitative estimate of drug-likeness (QED) is 0.877. The summed E-state index contributed by atoms with van der Waals surface area (Å²) in [6.45, 7) is 6.38. The van der Waals surface area contributed by atoms with E-state index in [4.69, 9.17) is 5.73 Å². The van der Waals surface area contributed by atoms with Crippen LogP contribution in [0.5, 0.6) is 0 Å². The lowest BCUT2D eigenvalue weighted by Crippen LogP contribution is -2.31. The number of nitrogens with zero attached hydrogens (tertiary/aromatic N) is 2. The van der Waals surface area contributed by atoms with Crippen LogP contribution in [0.15, 0.2) is 36.5 Å². The molecule has 2 aromatic rings. The molecule has 1 aromatic carbocycles. The van der Waals surface area contributed by atoms with E-state index >= 15 is 0 Å². The van der Waals surface area contributed by atoms with Gasteiger partial charge in [-0.05, 0) is 18.9 Å². The fourth-order valence-electron chi connectivity index (χ4n) is 2.04. The van der Waals surface area contributed by atoms with Crippen molar-refractivity contribution in [3.63, 3.8) is 0 Å². The van der Waals surface area contributed by atoms with Gasteiger partial charge in [-0.1, -0.05) is 37.3 Å². The van der Waals surface area contributed by atoms with Crippen LogP contribution in [0.25, 0.3) is 0 Å². The van der Waals surface area contributed by atoms with Crippen LogP contribution in [0.1, 0.15) is 30.7 Å². The molecule has 4 heteroatoms. The topological polar surface area (TPSA) is 42.2 Å². The molecule has 0 saturated heterocycles. The minimum absolute atomic E-state index is 0.545. The molecule has 0 amide bonds. The number of hydrogen-bond acceptors (Lipinski definition) is 4. The van der Waals surface area contributed by atoms with Crippen LogP contribution in [0.2, 0.25) is 0 Å². The van der Waals surface area contributed by atoms with Gasteiger partial charge >= 0.3 is 0 Å². The molecule has 0 bridgehead atoms. The van der Waals surface area contributed by atoms with Crippen LogP contribution in [0, 0.1) is 0 Å². The Morgan fingerprint density at radius 2 is 2.00 bits per heavy atom. The first-order valence-corrected chi connectivity index (χ1v) is 7.49. The van der Waals surface area contributed by atoms with Crippen molar-refractivity contribution in [2.24, 2.45) is 0 Å². The minimum Gasteiger partial charge on any atom is -0.375 e. The monoisotopic (exact) mass is 275 g/mol. The first-order chi connectivity index (χ1) is 9.19. The number of rotatable bonds is 6. The highest BCUT2D eigenvalue weighted by atomic mass is 32.1. The SMILES string of the molecule is CCC(C)N(Cc1ccccc1)Cc1cnc(N)s1. The summed E-state index contributed by atoms with van der Waals surface area (Å²) in [7, 11) is 0. The summed E-state index contributed by atoms with van der Waals surface area (Å²) in [4.78, 5) is 7.84. The highest BCUT2D eigenvalue weighted by Gasteiger charge is 2.14. The van der Waals surface area contributed by atoms with Crippen molar-refractivity contribution in [1.82, 2.24) is 9.88 Å². The molecule has 1 unspecified atom stereocenters. The number of thiazole rings is 1. The summed E-state index contributed by atoms with van der Waals surface area (Å²) < 4.78 is 0. The molecule has 3 nitrogen and oxygen atoms in total. The highest BCUT2D eigenvalue weighted by Crippen LogP contribution is 2.20. The molecule has 0 radical (unpaired) electrons. The largest absolute Gasteiger partial charge is 0.375 e. The lowest BCUT2D eigenvalue weighted by molar-refractivity contribution is 0.188. The Bertz CT molecular complexity index is 495. The molecule has 0 aliphatic carbocycles. The fraction of sp³-hybridized carbons (Fsp3) is 0.400. The Morgan fingerprint density at radius 1 is 1.26 bits per heavy atom. The smallest absolute Gasteiger partial charge is 0.180 e. The van der Waals surface area contributed by atoms with Gasteiger partial charge in [0.25, 0.3) is 0 Å². The summed E-state index contributed by atoms with van der Waals surface area (Å²) >= 11 is 1.58. The molecular weight excluding hydrogens is 254 g/mol. The van der Waals surface area contributed by atoms with Crippen LogP contribution in [-0.2, 0) is 13.1 Å². The van der Waals surface area contributed by atoms with Crippen molar-refractivity contribution in [3.05, 3.63) is 47.0 Å². The molecule has 0 aliphatic rings. The van der Waals surface area contributed by atoms with E-state index < -0.39 is 0 Å². The maximum Gasteiger partial charge on any atom is 0.180 e. The molecule has 0 fully saturated rings. The summed E-state index contributed by atoms with van der Waals surface area (Å²) in [5.41, 5.74) is 7.05. The van der Waals surface area contributed by atoms with Crippen LogP contribution < -0.4 is 5.73 Å². The highest BCUT2D eigenvalue weighted by molar-refractivity contribution is 7.15. The van der Waals surface area contributed by atoms with Crippen LogP contribution in [-0.4, -0.2) is 15.9 Å². The molecule has 102 valence electrons. The zero-order valence-corrected chi connectivity index (χ0v) is 12.4. The fourth-order valence-corrected chi connectivity index (χ4v) is 2.75. The van der Waals surface area contributed by atoms with E-state index in [1.165, 1.54) is 10.4 Å². The van der Waals surface area contributed by atoms with Crippen molar-refractivity contribution in [3.8, 4) is 0 Å². The molecule has 2 N–H and O–H groups in total. The van der Waals surface area contributed by atoms with E-state index in [1.807, 2.05) is 6.20 Å². The van der Waals surface area contributed by atoms with Gasteiger partial charge in [0, 0.05) is 30.2 Å². The molecule has 0 saturated carbocycles. The van der Waals surface area contributed by atoms with E-state index in [0.29, 0.717) is 11.2 Å². The molecular formula is C15H21N3S. The lowest BCUT2D eigenvalue weighted by atomic mass is 10.1. The van der Waals surface area contributed by atoms with Gasteiger partial charge in [-0.15, -0.1) is 11.3 Å². The minimum atomic E-state index is 0.545. The van der Waals surface area contributed by atoms with Gasteiger partial charge in [-0.3, -0.25) is 4.90 Å². The summed E-state index contributed by atoms with van der Waals surface area (Å²) in [5, 5.41) is 0.652. The average Bonchev–Trinajstić information content (AvgIpc) is 2.84. The van der Waals surface area contributed by atoms with Crippen molar-refractivity contribution in [2.75, 3.05) is 5.73 Å². The third-order valence-corrected chi connectivity index (χ3v) is 4.18. The van der Waals surface area contributed by atoms with Gasteiger partial charge in [-0.25, -0.2) is 4.98 Å². The molecule has 1 atom stereocenters. The van der Waals surface area contributed by atoms with Gasteiger partial charge in [0.2, 0.25) is 0 Å². The summed E-state index contributed by atoms with van der Waals surface area (Å²) in [5.74, 6) is 0. The van der Waals surface area contributed by atoms with Crippen molar-refractivity contribution in [1.29, 1.82) is 0 Å². The second-order valence-electron chi connectivity index (χ2n) is 4.81. The lowest BCUT2D eigenvalue weighted by Gasteiger charge is -2.27. The van der Waals surface area contributed by atoms with E-state index in [9.17, 15) is 0 Å². The van der Waals surface area contributed by atoms with Gasteiger partial charge in [0.15, 0.2) is 5.13 Å². The normalized spacial score (nSPS) is 12.8. The third-order valence-electron chi connectivity index (χ3n) is 3.37. The van der Waals surface area contributed by atoms with Crippen LogP contribution in [0.4, 0.5) is 5.13 Å². The Morgan fingerprint density at radius 3 is 2.58 bits per heavy atom. The molecule has 0 spiro atoms. The van der Waals surface area contributed by atoms with E-state index in [2.05, 4.69) is 54.1 Å². The zero-order chi connectivity index (χ0) is 13.7. The Labute approximate surface area is 119 Å². The third kappa shape index (κ3) is 4.04. The van der Waals surface area contributed by atoms with Gasteiger partial charge < -0.3 is 5.73 Å². The Kier molecular flexibility index (Phi) is 4.93. The van der Waals surface area contributed by atoms with Crippen molar-refractivity contribution in [2.45, 2.75) is 39.4 Å². The van der Waals surface area contributed by atoms with E-state index in [-0.39, 0.29) is 0 Å². The van der Waals surface area contributed by atoms with Gasteiger partial charge in [-0.2, -0.15) is 0 Å². The predicted molar refractivity (Wildman–Crippen MR) is 82.0 cm³/mol. The summed E-state index contributed by atoms with van der Waals surface area (Å²) in [6, 6.07) is 11.1. The average molecular weight is 275 g/mol. The molecule has 1 heterocycles. The molecule has 19 heavy (non-hydrogen) atoms. The predicted octanol–water partition coefficient (Wildman–Crippen LogP) is 3.53. The van der Waals surface area contributed by atoms with E-state index in [0.717, 1.165) is 19.5 Å². The second kappa shape index (κ2) is 6.68. The number of nitrogen functional groups attached to an aromatic ring is 1. The Hall–Kier alpha value is -1.39. The zero-order valence-electron chi connectivity index (χ0n) is 11.5. The maximum absolute atomic E-state index is 5.70. The van der Waals surface area contributed by atoms with Crippen molar-refractivity contribution < 1.29 is 0 Å². The number of benzene rings is 1. The second-order valence-corrected chi connectivity index (χ2v) is 5.96. The van der Waals surface area contributed by atoms with Crippen LogP contribution in [0.3, 0.4) is 0 Å². The molecule has 0 aliphatic heterocycles. The first-order valence-electron chi connectivity index (χ1n) is 6.67. The van der Waals surface area contributed by atoms with E-state index in [1.54, 1.807) is 11.3 Å². The number of aromatic nitrogens is 1.